The van der Waals surface area contributed by atoms with Gasteiger partial charge in [0.15, 0.2) is 11.6 Å². The molecule has 0 saturated heterocycles. The summed E-state index contributed by atoms with van der Waals surface area (Å²) in [6, 6.07) is 50.2. The van der Waals surface area contributed by atoms with Gasteiger partial charge < -0.3 is 0 Å². The first-order chi connectivity index (χ1) is 25.1. The van der Waals surface area contributed by atoms with Crippen molar-refractivity contribution >= 4 is 21.8 Å². The Morgan fingerprint density at radius 1 is 0.392 bits per heavy atom. The molecule has 6 aromatic carbocycles. The van der Waals surface area contributed by atoms with E-state index < -0.39 is 0 Å². The zero-order chi connectivity index (χ0) is 34.9. The van der Waals surface area contributed by atoms with Crippen LogP contribution in [0.5, 0.6) is 0 Å². The van der Waals surface area contributed by atoms with Gasteiger partial charge in [0, 0.05) is 33.0 Å². The van der Waals surface area contributed by atoms with E-state index in [-0.39, 0.29) is 0 Å². The van der Waals surface area contributed by atoms with Gasteiger partial charge in [-0.2, -0.15) is 31.0 Å². The molecular weight excluding hydrogens is 629 g/mol. The van der Waals surface area contributed by atoms with E-state index in [1.807, 2.05) is 102 Å². The van der Waals surface area contributed by atoms with Crippen LogP contribution in [0.25, 0.3) is 72.8 Å². The van der Waals surface area contributed by atoms with Crippen molar-refractivity contribution in [2.24, 2.45) is 0 Å². The number of hydrogen-bond donors (Lipinski definition) is 0. The van der Waals surface area contributed by atoms with Gasteiger partial charge in [-0.15, -0.1) is 0 Å². The van der Waals surface area contributed by atoms with E-state index in [2.05, 4.69) is 24.3 Å². The van der Waals surface area contributed by atoms with Gasteiger partial charge in [0.2, 0.25) is 5.95 Å². The Labute approximate surface area is 292 Å². The fourth-order valence-electron chi connectivity index (χ4n) is 6.55. The van der Waals surface area contributed by atoms with E-state index >= 15 is 0 Å². The average molecular weight is 651 g/mol. The van der Waals surface area contributed by atoms with Gasteiger partial charge in [-0.25, -0.2) is 4.98 Å². The van der Waals surface area contributed by atoms with Crippen LogP contribution in [0.4, 0.5) is 0 Å². The van der Waals surface area contributed by atoms with Crippen molar-refractivity contribution < 1.29 is 0 Å². The van der Waals surface area contributed by atoms with Crippen molar-refractivity contribution in [2.45, 2.75) is 0 Å². The van der Waals surface area contributed by atoms with Crippen LogP contribution in [0, 0.1) is 45.3 Å². The van der Waals surface area contributed by atoms with E-state index in [0.717, 1.165) is 32.9 Å². The maximum atomic E-state index is 10.00. The lowest BCUT2D eigenvalue weighted by Gasteiger charge is -2.11. The molecule has 0 aliphatic heterocycles. The first-order valence-electron chi connectivity index (χ1n) is 15.9. The Morgan fingerprint density at radius 3 is 1.16 bits per heavy atom. The number of nitriles is 4. The highest BCUT2D eigenvalue weighted by Crippen LogP contribution is 2.39. The van der Waals surface area contributed by atoms with Crippen molar-refractivity contribution in [3.63, 3.8) is 0 Å². The van der Waals surface area contributed by atoms with E-state index in [1.165, 1.54) is 0 Å². The van der Waals surface area contributed by atoms with Crippen molar-refractivity contribution in [1.29, 1.82) is 21.0 Å². The Hall–Kier alpha value is -7.91. The zero-order valence-electron chi connectivity index (χ0n) is 26.8. The van der Waals surface area contributed by atoms with Crippen LogP contribution in [-0.2, 0) is 0 Å². The summed E-state index contributed by atoms with van der Waals surface area (Å²) in [6.07, 6.45) is 0. The second-order valence-electron chi connectivity index (χ2n) is 11.7. The molecule has 51 heavy (non-hydrogen) atoms. The molecule has 8 rings (SSSR count). The monoisotopic (exact) mass is 650 g/mol. The molecule has 8 heteroatoms. The lowest BCUT2D eigenvalue weighted by atomic mass is 9.93. The molecule has 0 saturated carbocycles. The summed E-state index contributed by atoms with van der Waals surface area (Å²) in [5, 5.41) is 41.6. The lowest BCUT2D eigenvalue weighted by Crippen LogP contribution is -2.06. The van der Waals surface area contributed by atoms with Crippen molar-refractivity contribution in [3.8, 4) is 75.3 Å². The number of benzene rings is 6. The van der Waals surface area contributed by atoms with Gasteiger partial charge in [-0.3, -0.25) is 4.57 Å². The molecule has 0 amide bonds. The van der Waals surface area contributed by atoms with Crippen molar-refractivity contribution in [1.82, 2.24) is 19.5 Å². The minimum absolute atomic E-state index is 0.386. The maximum Gasteiger partial charge on any atom is 0.238 e. The fraction of sp³-hybridized carbons (Fsp3) is 0. The zero-order valence-corrected chi connectivity index (χ0v) is 26.8. The molecule has 0 radical (unpaired) electrons. The van der Waals surface area contributed by atoms with Crippen LogP contribution in [0.2, 0.25) is 0 Å². The van der Waals surface area contributed by atoms with Crippen LogP contribution in [-0.4, -0.2) is 19.5 Å². The summed E-state index contributed by atoms with van der Waals surface area (Å²) in [6.45, 7) is 0. The number of hydrogen-bond acceptors (Lipinski definition) is 7. The molecule has 8 aromatic rings. The summed E-state index contributed by atoms with van der Waals surface area (Å²) < 4.78 is 1.97. The number of rotatable bonds is 5. The highest BCUT2D eigenvalue weighted by molar-refractivity contribution is 6.12. The normalized spacial score (nSPS) is 10.7. The molecular formula is C43H22N8. The molecule has 0 unspecified atom stereocenters. The molecule has 0 spiro atoms. The Bertz CT molecular complexity index is 2590. The third kappa shape index (κ3) is 5.20. The van der Waals surface area contributed by atoms with Gasteiger partial charge in [-0.05, 0) is 59.7 Å². The Morgan fingerprint density at radius 2 is 0.784 bits per heavy atom. The molecule has 0 atom stereocenters. The quantitative estimate of drug-likeness (QED) is 0.181. The van der Waals surface area contributed by atoms with Gasteiger partial charge >= 0.3 is 0 Å². The number of nitrogens with zero attached hydrogens (tertiary/aromatic N) is 8. The first kappa shape index (κ1) is 30.4. The first-order valence-corrected chi connectivity index (χ1v) is 15.9. The summed E-state index contributed by atoms with van der Waals surface area (Å²) in [5.74, 6) is 1.41. The average Bonchev–Trinajstić information content (AvgIpc) is 3.53. The van der Waals surface area contributed by atoms with Crippen LogP contribution in [0.15, 0.2) is 133 Å². The van der Waals surface area contributed by atoms with E-state index in [0.29, 0.717) is 62.1 Å². The molecule has 2 heterocycles. The van der Waals surface area contributed by atoms with E-state index in [4.69, 9.17) is 15.0 Å². The fourth-order valence-corrected chi connectivity index (χ4v) is 6.55. The third-order valence-corrected chi connectivity index (χ3v) is 8.84. The Balaban J connectivity index is 1.47. The molecule has 2 aromatic heterocycles. The van der Waals surface area contributed by atoms with Crippen LogP contribution >= 0.6 is 0 Å². The summed E-state index contributed by atoms with van der Waals surface area (Å²) in [7, 11) is 0. The van der Waals surface area contributed by atoms with E-state index in [9.17, 15) is 21.0 Å². The second kappa shape index (κ2) is 12.6. The maximum absolute atomic E-state index is 10.00. The van der Waals surface area contributed by atoms with Crippen LogP contribution in [0.1, 0.15) is 22.3 Å². The predicted molar refractivity (Wildman–Crippen MR) is 195 cm³/mol. The minimum atomic E-state index is 0.386. The van der Waals surface area contributed by atoms with Gasteiger partial charge in [-0.1, -0.05) is 84.9 Å². The lowest BCUT2D eigenvalue weighted by molar-refractivity contribution is 0.953. The smallest absolute Gasteiger partial charge is 0.238 e. The minimum Gasteiger partial charge on any atom is -0.278 e. The largest absolute Gasteiger partial charge is 0.278 e. The molecule has 0 N–H and O–H groups in total. The van der Waals surface area contributed by atoms with Gasteiger partial charge in [0.05, 0.1) is 57.6 Å². The molecule has 0 aliphatic carbocycles. The SMILES string of the molecule is N#Cc1cccc(C#N)c1-c1ccc2c(c1)c1cc(-c3c(C#N)cccc3C#N)ccc1n2-c1nc(-c2ccccc2)nc(-c2ccccc2)n1. The highest BCUT2D eigenvalue weighted by atomic mass is 15.2. The van der Waals surface area contributed by atoms with Gasteiger partial charge in [0.25, 0.3) is 0 Å². The summed E-state index contributed by atoms with van der Waals surface area (Å²) in [4.78, 5) is 14.9. The van der Waals surface area contributed by atoms with Crippen LogP contribution in [0.3, 0.4) is 0 Å². The molecule has 234 valence electrons. The standard InChI is InChI=1S/C43H22N8/c44-23-31-13-7-14-32(24-45)39(31)29-17-19-37-35(21-29)36-22-30(40-33(25-46)15-8-16-34(40)26-47)18-20-38(36)51(37)43-49-41(27-9-3-1-4-10-27)48-42(50-43)28-11-5-2-6-12-28/h1-22H. The summed E-state index contributed by atoms with van der Waals surface area (Å²) >= 11 is 0. The number of fused-ring (bicyclic) bond motifs is 3. The van der Waals surface area contributed by atoms with E-state index in [1.54, 1.807) is 36.4 Å². The third-order valence-electron chi connectivity index (χ3n) is 8.84. The van der Waals surface area contributed by atoms with Crippen molar-refractivity contribution in [3.05, 3.63) is 156 Å². The molecule has 0 bridgehead atoms. The molecule has 8 nitrogen and oxygen atoms in total. The van der Waals surface area contributed by atoms with Crippen molar-refractivity contribution in [2.75, 3.05) is 0 Å². The topological polar surface area (TPSA) is 139 Å². The Kier molecular flexibility index (Phi) is 7.52. The highest BCUT2D eigenvalue weighted by Gasteiger charge is 2.21. The predicted octanol–water partition coefficient (Wildman–Crippen LogP) is 9.12. The molecule has 0 fully saturated rings. The van der Waals surface area contributed by atoms with Gasteiger partial charge in [0.1, 0.15) is 0 Å². The number of aromatic nitrogens is 4. The second-order valence-corrected chi connectivity index (χ2v) is 11.7. The van der Waals surface area contributed by atoms with Crippen LogP contribution < -0.4 is 0 Å². The summed E-state index contributed by atoms with van der Waals surface area (Å²) in [5.41, 5.74) is 7.23. The molecule has 0 aliphatic rings.